The maximum absolute atomic E-state index is 14.9. The standard InChI is InChI=1S/C22H28FN5O4S/c1-14(2)25-27-28(3)11-17(31-13-30)10-24-15-4-5-18(19(23)8-15)21-6-7-22(33-21)20-9-16(12-29)32-26-20/h4-8,13-14,16-17,24,29H,9-12H2,1-3H3. The molecule has 0 fully saturated rings. The minimum absolute atomic E-state index is 0.0638. The molecule has 9 nitrogen and oxygen atoms in total. The van der Waals surface area contributed by atoms with Gasteiger partial charge in [-0.05, 0) is 44.2 Å². The predicted molar refractivity (Wildman–Crippen MR) is 125 cm³/mol. The maximum atomic E-state index is 14.9. The SMILES string of the molecule is CC(C)N=NN(C)CC(CNc1ccc(-c2ccc(C3=NOC(CO)C3)s2)c(F)c1)OC=O. The van der Waals surface area contributed by atoms with E-state index < -0.39 is 6.10 Å². The van der Waals surface area contributed by atoms with Gasteiger partial charge in [0, 0.05) is 29.6 Å². The number of hydrogen-bond acceptors (Lipinski definition) is 9. The summed E-state index contributed by atoms with van der Waals surface area (Å²) in [5, 5.41) is 26.0. The first kappa shape index (κ1) is 24.6. The fourth-order valence-electron chi connectivity index (χ4n) is 3.12. The van der Waals surface area contributed by atoms with Crippen molar-refractivity contribution in [3.8, 4) is 10.4 Å². The number of benzene rings is 1. The van der Waals surface area contributed by atoms with E-state index in [-0.39, 0.29) is 31.1 Å². The first-order valence-electron chi connectivity index (χ1n) is 10.6. The molecule has 2 unspecified atom stereocenters. The number of anilines is 1. The molecular weight excluding hydrogens is 449 g/mol. The Kier molecular flexibility index (Phi) is 8.72. The Morgan fingerprint density at radius 3 is 2.85 bits per heavy atom. The largest absolute Gasteiger partial charge is 0.461 e. The average molecular weight is 478 g/mol. The quantitative estimate of drug-likeness (QED) is 0.274. The molecule has 2 heterocycles. The second-order valence-electron chi connectivity index (χ2n) is 7.88. The Bertz CT molecular complexity index is 997. The van der Waals surface area contributed by atoms with Gasteiger partial charge >= 0.3 is 0 Å². The number of aliphatic hydroxyl groups is 1. The summed E-state index contributed by atoms with van der Waals surface area (Å²) in [6.07, 6.45) is -0.282. The van der Waals surface area contributed by atoms with E-state index in [9.17, 15) is 14.3 Å². The van der Waals surface area contributed by atoms with Crippen molar-refractivity contribution in [3.05, 3.63) is 41.0 Å². The van der Waals surface area contributed by atoms with Crippen molar-refractivity contribution in [1.29, 1.82) is 0 Å². The molecule has 178 valence electrons. The Balaban J connectivity index is 1.61. The zero-order valence-corrected chi connectivity index (χ0v) is 19.6. The number of rotatable bonds is 12. The van der Waals surface area contributed by atoms with Gasteiger partial charge in [-0.25, -0.2) is 4.39 Å². The van der Waals surface area contributed by atoms with Crippen LogP contribution in [0, 0.1) is 5.82 Å². The van der Waals surface area contributed by atoms with E-state index in [0.717, 1.165) is 15.5 Å². The van der Waals surface area contributed by atoms with Crippen LogP contribution in [0.4, 0.5) is 10.1 Å². The smallest absolute Gasteiger partial charge is 0.293 e. The van der Waals surface area contributed by atoms with E-state index in [1.807, 2.05) is 26.0 Å². The Morgan fingerprint density at radius 1 is 1.39 bits per heavy atom. The number of likely N-dealkylation sites (N-methyl/N-ethyl adjacent to an activating group) is 1. The van der Waals surface area contributed by atoms with Gasteiger partial charge in [0.2, 0.25) is 0 Å². The highest BCUT2D eigenvalue weighted by molar-refractivity contribution is 7.17. The van der Waals surface area contributed by atoms with E-state index in [2.05, 4.69) is 20.8 Å². The lowest BCUT2D eigenvalue weighted by Crippen LogP contribution is -2.33. The first-order valence-corrected chi connectivity index (χ1v) is 11.4. The van der Waals surface area contributed by atoms with Gasteiger partial charge < -0.3 is 20.0 Å². The van der Waals surface area contributed by atoms with Gasteiger partial charge in [-0.2, -0.15) is 5.11 Å². The third-order valence-electron chi connectivity index (χ3n) is 4.75. The topological polar surface area (TPSA) is 108 Å². The summed E-state index contributed by atoms with van der Waals surface area (Å²) in [6.45, 7) is 4.75. The van der Waals surface area contributed by atoms with Crippen molar-refractivity contribution in [2.75, 3.05) is 32.1 Å². The highest BCUT2D eigenvalue weighted by Gasteiger charge is 2.23. The Labute approximate surface area is 195 Å². The highest BCUT2D eigenvalue weighted by atomic mass is 32.1. The van der Waals surface area contributed by atoms with E-state index in [0.29, 0.717) is 30.7 Å². The molecule has 11 heteroatoms. The first-order chi connectivity index (χ1) is 15.9. The summed E-state index contributed by atoms with van der Waals surface area (Å²) in [4.78, 5) is 17.7. The fraction of sp³-hybridized carbons (Fsp3) is 0.455. The molecule has 2 N–H and O–H groups in total. The zero-order valence-electron chi connectivity index (χ0n) is 18.8. The molecule has 1 aliphatic heterocycles. The van der Waals surface area contributed by atoms with Crippen LogP contribution < -0.4 is 5.32 Å². The van der Waals surface area contributed by atoms with Gasteiger partial charge in [-0.15, -0.1) is 11.3 Å². The second kappa shape index (κ2) is 11.7. The summed E-state index contributed by atoms with van der Waals surface area (Å²) in [5.74, 6) is -0.373. The number of oxime groups is 1. The third kappa shape index (κ3) is 6.96. The van der Waals surface area contributed by atoms with E-state index >= 15 is 0 Å². The van der Waals surface area contributed by atoms with Gasteiger partial charge in [-0.3, -0.25) is 9.80 Å². The van der Waals surface area contributed by atoms with Crippen molar-refractivity contribution in [1.82, 2.24) is 5.01 Å². The minimum Gasteiger partial charge on any atom is -0.461 e. The molecule has 0 saturated carbocycles. The van der Waals surface area contributed by atoms with Gasteiger partial charge in [0.25, 0.3) is 6.47 Å². The summed E-state index contributed by atoms with van der Waals surface area (Å²) < 4.78 is 20.0. The fourth-order valence-corrected chi connectivity index (χ4v) is 4.15. The lowest BCUT2D eigenvalue weighted by Gasteiger charge is -2.21. The number of thiophene rings is 1. The molecule has 1 aromatic heterocycles. The molecule has 1 aromatic carbocycles. The molecule has 0 radical (unpaired) electrons. The van der Waals surface area contributed by atoms with Crippen molar-refractivity contribution >= 4 is 29.2 Å². The van der Waals surface area contributed by atoms with Crippen LogP contribution >= 0.6 is 11.3 Å². The molecular formula is C22H28FN5O4S. The number of carbonyl (C=O) groups is 1. The minimum atomic E-state index is -0.488. The van der Waals surface area contributed by atoms with Gasteiger partial charge in [0.15, 0.2) is 6.10 Å². The molecule has 0 aliphatic carbocycles. The summed E-state index contributed by atoms with van der Waals surface area (Å²) in [7, 11) is 1.74. The second-order valence-corrected chi connectivity index (χ2v) is 8.97. The summed E-state index contributed by atoms with van der Waals surface area (Å²) in [6, 6.07) is 8.67. The molecule has 0 amide bonds. The number of nitrogens with one attached hydrogen (secondary N) is 1. The Hall–Kier alpha value is -3.05. The van der Waals surface area contributed by atoms with Crippen molar-refractivity contribution in [2.24, 2.45) is 15.5 Å². The van der Waals surface area contributed by atoms with Crippen LogP contribution in [-0.2, 0) is 14.4 Å². The number of carbonyl (C=O) groups excluding carboxylic acids is 1. The number of nitrogens with zero attached hydrogens (tertiary/aromatic N) is 4. The van der Waals surface area contributed by atoms with Crippen LogP contribution in [0.5, 0.6) is 0 Å². The normalized spacial score (nSPS) is 16.5. The number of aliphatic hydroxyl groups excluding tert-OH is 1. The molecule has 0 saturated heterocycles. The van der Waals surface area contributed by atoms with Gasteiger partial charge in [0.05, 0.1) is 30.6 Å². The monoisotopic (exact) mass is 477 g/mol. The number of hydrogen-bond donors (Lipinski definition) is 2. The molecule has 3 rings (SSSR count). The highest BCUT2D eigenvalue weighted by Crippen LogP contribution is 2.33. The third-order valence-corrected chi connectivity index (χ3v) is 5.91. The molecule has 2 aromatic rings. The van der Waals surface area contributed by atoms with E-state index in [4.69, 9.17) is 9.57 Å². The van der Waals surface area contributed by atoms with Crippen molar-refractivity contribution in [2.45, 2.75) is 38.5 Å². The zero-order chi connectivity index (χ0) is 23.8. The van der Waals surface area contributed by atoms with Crippen LogP contribution in [0.2, 0.25) is 0 Å². The molecule has 1 aliphatic rings. The predicted octanol–water partition coefficient (Wildman–Crippen LogP) is 3.70. The van der Waals surface area contributed by atoms with Gasteiger partial charge in [0.1, 0.15) is 17.6 Å². The van der Waals surface area contributed by atoms with Crippen molar-refractivity contribution < 1.29 is 23.9 Å². The lowest BCUT2D eigenvalue weighted by molar-refractivity contribution is -0.133. The molecule has 0 spiro atoms. The van der Waals surface area contributed by atoms with Crippen LogP contribution in [-0.4, -0.2) is 67.3 Å². The molecule has 33 heavy (non-hydrogen) atoms. The van der Waals surface area contributed by atoms with Crippen LogP contribution in [0.1, 0.15) is 25.1 Å². The van der Waals surface area contributed by atoms with Gasteiger partial charge in [-0.1, -0.05) is 10.4 Å². The summed E-state index contributed by atoms with van der Waals surface area (Å²) >= 11 is 1.42. The van der Waals surface area contributed by atoms with Crippen LogP contribution in [0.15, 0.2) is 45.8 Å². The number of ether oxygens (including phenoxy) is 1. The van der Waals surface area contributed by atoms with Crippen LogP contribution in [0.25, 0.3) is 10.4 Å². The van der Waals surface area contributed by atoms with Crippen LogP contribution in [0.3, 0.4) is 0 Å². The van der Waals surface area contributed by atoms with Crippen molar-refractivity contribution in [3.63, 3.8) is 0 Å². The average Bonchev–Trinajstić information content (AvgIpc) is 3.46. The molecule has 0 bridgehead atoms. The van der Waals surface area contributed by atoms with E-state index in [1.54, 1.807) is 24.2 Å². The van der Waals surface area contributed by atoms with E-state index in [1.165, 1.54) is 17.4 Å². The summed E-state index contributed by atoms with van der Waals surface area (Å²) in [5.41, 5.74) is 1.80. The Morgan fingerprint density at radius 2 is 2.18 bits per heavy atom. The maximum Gasteiger partial charge on any atom is 0.293 e. The molecule has 2 atom stereocenters. The number of halogens is 1. The lowest BCUT2D eigenvalue weighted by atomic mass is 10.1.